The summed E-state index contributed by atoms with van der Waals surface area (Å²) in [6.07, 6.45) is 1.71. The van der Waals surface area contributed by atoms with Crippen LogP contribution in [0.25, 0.3) is 0 Å². The van der Waals surface area contributed by atoms with E-state index in [9.17, 15) is 0 Å². The van der Waals surface area contributed by atoms with Gasteiger partial charge in [0.1, 0.15) is 18.2 Å². The zero-order valence-electron chi connectivity index (χ0n) is 8.61. The van der Waals surface area contributed by atoms with Crippen molar-refractivity contribution in [2.75, 3.05) is 0 Å². The summed E-state index contributed by atoms with van der Waals surface area (Å²) in [6.45, 7) is 0.843. The molecule has 0 unspecified atom stereocenters. The molecule has 2 rings (SSSR count). The second kappa shape index (κ2) is 5.01. The summed E-state index contributed by atoms with van der Waals surface area (Å²) in [5.41, 5.74) is 6.36. The van der Waals surface area contributed by atoms with Gasteiger partial charge in [-0.3, -0.25) is 0 Å². The normalized spacial score (nSPS) is 10.4. The van der Waals surface area contributed by atoms with E-state index >= 15 is 0 Å². The van der Waals surface area contributed by atoms with Crippen LogP contribution in [0.4, 0.5) is 0 Å². The first-order valence-electron chi connectivity index (χ1n) is 4.89. The highest BCUT2D eigenvalue weighted by atomic mass is 35.5. The maximum absolute atomic E-state index is 5.76. The number of hydrogen-bond donors (Lipinski definition) is 2. The minimum absolute atomic E-state index is 0.391. The number of imidazole rings is 1. The minimum Gasteiger partial charge on any atom is -0.486 e. The Hall–Kier alpha value is -1.52. The number of nitrogens with one attached hydrogen (secondary N) is 1. The highest BCUT2D eigenvalue weighted by Gasteiger charge is 2.00. The molecule has 0 fully saturated rings. The molecule has 0 atom stereocenters. The summed E-state index contributed by atoms with van der Waals surface area (Å²) in [7, 11) is 0. The van der Waals surface area contributed by atoms with Crippen molar-refractivity contribution in [2.24, 2.45) is 5.73 Å². The molecular formula is C11H12ClN3O. The second-order valence-corrected chi connectivity index (χ2v) is 3.74. The lowest BCUT2D eigenvalue weighted by Gasteiger charge is -2.03. The van der Waals surface area contributed by atoms with Crippen LogP contribution in [0.3, 0.4) is 0 Å². The summed E-state index contributed by atoms with van der Waals surface area (Å²) in [5.74, 6) is 1.52. The molecular weight excluding hydrogens is 226 g/mol. The number of halogens is 1. The average Bonchev–Trinajstić information content (AvgIpc) is 2.76. The van der Waals surface area contributed by atoms with Gasteiger partial charge in [0.05, 0.1) is 0 Å². The third-order valence-corrected chi connectivity index (χ3v) is 2.34. The number of ether oxygens (including phenoxy) is 1. The van der Waals surface area contributed by atoms with Gasteiger partial charge < -0.3 is 15.5 Å². The van der Waals surface area contributed by atoms with Gasteiger partial charge in [-0.2, -0.15) is 0 Å². The Morgan fingerprint density at radius 1 is 1.31 bits per heavy atom. The Balaban J connectivity index is 1.94. The molecule has 0 radical (unpaired) electrons. The van der Waals surface area contributed by atoms with Crippen molar-refractivity contribution in [3.63, 3.8) is 0 Å². The van der Waals surface area contributed by atoms with Gasteiger partial charge in [0.25, 0.3) is 0 Å². The van der Waals surface area contributed by atoms with E-state index in [1.165, 1.54) is 0 Å². The average molecular weight is 238 g/mol. The van der Waals surface area contributed by atoms with E-state index in [-0.39, 0.29) is 0 Å². The molecule has 0 saturated heterocycles. The number of benzene rings is 1. The van der Waals surface area contributed by atoms with E-state index in [0.717, 1.165) is 17.3 Å². The quantitative estimate of drug-likeness (QED) is 0.856. The number of nitrogens with zero attached hydrogens (tertiary/aromatic N) is 1. The van der Waals surface area contributed by atoms with Gasteiger partial charge in [-0.25, -0.2) is 4.98 Å². The van der Waals surface area contributed by atoms with Crippen LogP contribution in [-0.4, -0.2) is 9.97 Å². The molecule has 0 aliphatic rings. The van der Waals surface area contributed by atoms with Crippen LogP contribution in [0.1, 0.15) is 11.5 Å². The first-order valence-corrected chi connectivity index (χ1v) is 5.27. The lowest BCUT2D eigenvalue weighted by Crippen LogP contribution is -1.99. The predicted molar refractivity (Wildman–Crippen MR) is 62.3 cm³/mol. The molecule has 5 heteroatoms. The lowest BCUT2D eigenvalue weighted by atomic mass is 10.3. The molecule has 0 spiro atoms. The van der Waals surface area contributed by atoms with Gasteiger partial charge in [0, 0.05) is 23.5 Å². The molecule has 0 amide bonds. The van der Waals surface area contributed by atoms with Crippen LogP contribution in [0.5, 0.6) is 5.75 Å². The second-order valence-electron chi connectivity index (χ2n) is 3.30. The van der Waals surface area contributed by atoms with Gasteiger partial charge >= 0.3 is 0 Å². The topological polar surface area (TPSA) is 63.9 Å². The molecule has 1 heterocycles. The molecule has 1 aromatic carbocycles. The van der Waals surface area contributed by atoms with Crippen molar-refractivity contribution in [2.45, 2.75) is 13.2 Å². The van der Waals surface area contributed by atoms with Crippen LogP contribution in [0.15, 0.2) is 30.5 Å². The zero-order valence-corrected chi connectivity index (χ0v) is 9.37. The first-order chi connectivity index (χ1) is 7.78. The monoisotopic (exact) mass is 237 g/mol. The Bertz CT molecular complexity index is 453. The zero-order chi connectivity index (χ0) is 11.4. The largest absolute Gasteiger partial charge is 0.486 e. The fourth-order valence-electron chi connectivity index (χ4n) is 1.27. The lowest BCUT2D eigenvalue weighted by molar-refractivity contribution is 0.297. The molecule has 0 aliphatic carbocycles. The van der Waals surface area contributed by atoms with E-state index < -0.39 is 0 Å². The highest BCUT2D eigenvalue weighted by Crippen LogP contribution is 2.16. The molecule has 3 N–H and O–H groups in total. The number of aromatic nitrogens is 2. The molecule has 2 aromatic rings. The maximum atomic E-state index is 5.76. The summed E-state index contributed by atoms with van der Waals surface area (Å²) >= 11 is 5.76. The number of rotatable bonds is 4. The van der Waals surface area contributed by atoms with E-state index in [0.29, 0.717) is 18.2 Å². The molecule has 16 heavy (non-hydrogen) atoms. The third kappa shape index (κ3) is 2.74. The minimum atomic E-state index is 0.391. The van der Waals surface area contributed by atoms with Crippen LogP contribution >= 0.6 is 11.6 Å². The van der Waals surface area contributed by atoms with Crippen molar-refractivity contribution in [3.05, 3.63) is 47.0 Å². The van der Waals surface area contributed by atoms with Gasteiger partial charge in [-0.05, 0) is 24.3 Å². The number of nitrogens with two attached hydrogens (primary N) is 1. The SMILES string of the molecule is NCc1cnc(COc2ccc(Cl)cc2)[nH]1. The molecule has 1 aromatic heterocycles. The van der Waals surface area contributed by atoms with Crippen molar-refractivity contribution in [3.8, 4) is 5.75 Å². The van der Waals surface area contributed by atoms with Crippen LogP contribution < -0.4 is 10.5 Å². The van der Waals surface area contributed by atoms with Crippen LogP contribution in [0, 0.1) is 0 Å². The third-order valence-electron chi connectivity index (χ3n) is 2.09. The molecule has 0 saturated carbocycles. The van der Waals surface area contributed by atoms with Crippen molar-refractivity contribution in [1.82, 2.24) is 9.97 Å². The molecule has 84 valence electrons. The summed E-state index contributed by atoms with van der Waals surface area (Å²) in [6, 6.07) is 7.19. The van der Waals surface area contributed by atoms with E-state index in [1.807, 2.05) is 12.1 Å². The predicted octanol–water partition coefficient (Wildman–Crippen LogP) is 2.10. The van der Waals surface area contributed by atoms with Gasteiger partial charge in [0.2, 0.25) is 0 Å². The van der Waals surface area contributed by atoms with Gasteiger partial charge in [-0.15, -0.1) is 0 Å². The smallest absolute Gasteiger partial charge is 0.146 e. The Labute approximate surface area is 98.4 Å². The highest BCUT2D eigenvalue weighted by molar-refractivity contribution is 6.30. The van der Waals surface area contributed by atoms with Crippen LogP contribution in [0.2, 0.25) is 5.02 Å². The summed E-state index contributed by atoms with van der Waals surface area (Å²) < 4.78 is 5.51. The maximum Gasteiger partial charge on any atom is 0.146 e. The fraction of sp³-hybridized carbons (Fsp3) is 0.182. The molecule has 0 aliphatic heterocycles. The summed E-state index contributed by atoms with van der Waals surface area (Å²) in [5, 5.41) is 0.691. The number of aromatic amines is 1. The Morgan fingerprint density at radius 3 is 2.69 bits per heavy atom. The van der Waals surface area contributed by atoms with E-state index in [1.54, 1.807) is 18.3 Å². The molecule has 0 bridgehead atoms. The molecule has 4 nitrogen and oxygen atoms in total. The number of hydrogen-bond acceptors (Lipinski definition) is 3. The van der Waals surface area contributed by atoms with Crippen LogP contribution in [-0.2, 0) is 13.2 Å². The van der Waals surface area contributed by atoms with Crippen molar-refractivity contribution < 1.29 is 4.74 Å². The van der Waals surface area contributed by atoms with Crippen molar-refractivity contribution >= 4 is 11.6 Å². The number of H-pyrrole nitrogens is 1. The fourth-order valence-corrected chi connectivity index (χ4v) is 1.39. The van der Waals surface area contributed by atoms with E-state index in [2.05, 4.69) is 9.97 Å². The first kappa shape index (κ1) is 11.0. The Kier molecular flexibility index (Phi) is 3.44. The standard InChI is InChI=1S/C11H12ClN3O/c12-8-1-3-10(4-2-8)16-7-11-14-6-9(5-13)15-11/h1-4,6H,5,7,13H2,(H,14,15). The van der Waals surface area contributed by atoms with Gasteiger partial charge in [0.15, 0.2) is 0 Å². The van der Waals surface area contributed by atoms with Gasteiger partial charge in [-0.1, -0.05) is 11.6 Å². The van der Waals surface area contributed by atoms with Crippen molar-refractivity contribution in [1.29, 1.82) is 0 Å². The summed E-state index contributed by atoms with van der Waals surface area (Å²) in [4.78, 5) is 7.19. The van der Waals surface area contributed by atoms with E-state index in [4.69, 9.17) is 22.1 Å². The Morgan fingerprint density at radius 2 is 2.06 bits per heavy atom.